The van der Waals surface area contributed by atoms with Gasteiger partial charge >= 0.3 is 0 Å². The highest BCUT2D eigenvalue weighted by Gasteiger charge is 2.31. The summed E-state index contributed by atoms with van der Waals surface area (Å²) in [5, 5.41) is 0. The summed E-state index contributed by atoms with van der Waals surface area (Å²) in [4.78, 5) is 2.68. The van der Waals surface area contributed by atoms with E-state index in [2.05, 4.69) is 11.8 Å². The number of likely N-dealkylation sites (N-methyl/N-ethyl adjacent to an activating group) is 1. The monoisotopic (exact) mass is 238 g/mol. The van der Waals surface area contributed by atoms with E-state index >= 15 is 0 Å². The summed E-state index contributed by atoms with van der Waals surface area (Å²) in [6.07, 6.45) is 13.7. The lowest BCUT2D eigenvalue weighted by Gasteiger charge is -2.42. The van der Waals surface area contributed by atoms with Crippen molar-refractivity contribution in [2.45, 2.75) is 82.7 Å². The van der Waals surface area contributed by atoms with Crippen LogP contribution in [-0.4, -0.2) is 29.6 Å². The number of hydrogen-bond donors (Lipinski definition) is 1. The van der Waals surface area contributed by atoms with Crippen LogP contribution in [0, 0.1) is 0 Å². The third-order valence-electron chi connectivity index (χ3n) is 4.86. The quantitative estimate of drug-likeness (QED) is 0.814. The molecule has 0 spiro atoms. The SMILES string of the molecule is CCN(CC1(N)CCCCC1)C1CCCCC1. The summed E-state index contributed by atoms with van der Waals surface area (Å²) in [6, 6.07) is 0.830. The highest BCUT2D eigenvalue weighted by Crippen LogP contribution is 2.29. The smallest absolute Gasteiger partial charge is 0.0283 e. The van der Waals surface area contributed by atoms with Crippen LogP contribution in [0.1, 0.15) is 71.1 Å². The Kier molecular flexibility index (Phi) is 4.87. The molecule has 2 aliphatic rings. The van der Waals surface area contributed by atoms with E-state index in [4.69, 9.17) is 5.73 Å². The van der Waals surface area contributed by atoms with Gasteiger partial charge in [0.15, 0.2) is 0 Å². The molecule has 0 aliphatic heterocycles. The zero-order valence-electron chi connectivity index (χ0n) is 11.6. The number of nitrogens with zero attached hydrogens (tertiary/aromatic N) is 1. The first-order valence-corrected chi connectivity index (χ1v) is 7.76. The molecule has 100 valence electrons. The maximum absolute atomic E-state index is 6.60. The van der Waals surface area contributed by atoms with Gasteiger partial charge in [-0.3, -0.25) is 4.90 Å². The van der Waals surface area contributed by atoms with Crippen molar-refractivity contribution in [3.8, 4) is 0 Å². The van der Waals surface area contributed by atoms with E-state index in [-0.39, 0.29) is 5.54 Å². The van der Waals surface area contributed by atoms with Crippen molar-refractivity contribution >= 4 is 0 Å². The molecule has 0 heterocycles. The zero-order chi connectivity index (χ0) is 12.1. The Hall–Kier alpha value is -0.0800. The minimum absolute atomic E-state index is 0.131. The minimum Gasteiger partial charge on any atom is -0.324 e. The minimum atomic E-state index is 0.131. The van der Waals surface area contributed by atoms with Crippen molar-refractivity contribution < 1.29 is 0 Å². The maximum atomic E-state index is 6.60. The Morgan fingerprint density at radius 2 is 1.59 bits per heavy atom. The second-order valence-corrected chi connectivity index (χ2v) is 6.28. The lowest BCUT2D eigenvalue weighted by Crippen LogP contribution is -2.54. The van der Waals surface area contributed by atoms with Gasteiger partial charge in [-0.25, -0.2) is 0 Å². The first-order valence-electron chi connectivity index (χ1n) is 7.76. The first kappa shape index (κ1) is 13.4. The molecule has 0 atom stereocenters. The van der Waals surface area contributed by atoms with E-state index in [1.165, 1.54) is 70.8 Å². The van der Waals surface area contributed by atoms with Gasteiger partial charge in [0.1, 0.15) is 0 Å². The summed E-state index contributed by atoms with van der Waals surface area (Å²) in [5.41, 5.74) is 6.73. The molecular formula is C15H30N2. The van der Waals surface area contributed by atoms with Crippen LogP contribution >= 0.6 is 0 Å². The molecule has 0 radical (unpaired) electrons. The van der Waals surface area contributed by atoms with Crippen LogP contribution in [0.5, 0.6) is 0 Å². The third-order valence-corrected chi connectivity index (χ3v) is 4.86. The Labute approximate surface area is 107 Å². The Morgan fingerprint density at radius 3 is 2.18 bits per heavy atom. The first-order chi connectivity index (χ1) is 8.23. The largest absolute Gasteiger partial charge is 0.324 e. The number of hydrogen-bond acceptors (Lipinski definition) is 2. The summed E-state index contributed by atoms with van der Waals surface area (Å²) >= 11 is 0. The fraction of sp³-hybridized carbons (Fsp3) is 1.00. The van der Waals surface area contributed by atoms with Crippen molar-refractivity contribution in [3.05, 3.63) is 0 Å². The van der Waals surface area contributed by atoms with Gasteiger partial charge in [0, 0.05) is 18.1 Å². The van der Waals surface area contributed by atoms with Gasteiger partial charge in [0.2, 0.25) is 0 Å². The van der Waals surface area contributed by atoms with Crippen LogP contribution in [0.3, 0.4) is 0 Å². The standard InChI is InChI=1S/C15H30N2/c1-2-17(14-9-5-3-6-10-14)13-15(16)11-7-4-8-12-15/h14H,2-13,16H2,1H3. The predicted molar refractivity (Wildman–Crippen MR) is 74.1 cm³/mol. The molecule has 2 heteroatoms. The van der Waals surface area contributed by atoms with E-state index < -0.39 is 0 Å². The Morgan fingerprint density at radius 1 is 1.00 bits per heavy atom. The topological polar surface area (TPSA) is 29.3 Å². The van der Waals surface area contributed by atoms with Gasteiger partial charge < -0.3 is 5.73 Å². The van der Waals surface area contributed by atoms with Crippen LogP contribution in [0.15, 0.2) is 0 Å². The molecule has 0 aromatic rings. The highest BCUT2D eigenvalue weighted by atomic mass is 15.2. The van der Waals surface area contributed by atoms with Crippen molar-refractivity contribution in [2.24, 2.45) is 5.73 Å². The summed E-state index contributed by atoms with van der Waals surface area (Å²) in [6.45, 7) is 4.64. The van der Waals surface area contributed by atoms with E-state index in [1.54, 1.807) is 0 Å². The van der Waals surface area contributed by atoms with E-state index in [9.17, 15) is 0 Å². The van der Waals surface area contributed by atoms with Crippen molar-refractivity contribution in [3.63, 3.8) is 0 Å². The fourth-order valence-electron chi connectivity index (χ4n) is 3.76. The molecule has 2 rings (SSSR count). The summed E-state index contributed by atoms with van der Waals surface area (Å²) < 4.78 is 0. The van der Waals surface area contributed by atoms with Crippen LogP contribution in [0.4, 0.5) is 0 Å². The molecule has 0 unspecified atom stereocenters. The lowest BCUT2D eigenvalue weighted by atomic mass is 9.81. The average molecular weight is 238 g/mol. The second-order valence-electron chi connectivity index (χ2n) is 6.28. The van der Waals surface area contributed by atoms with Gasteiger partial charge in [-0.15, -0.1) is 0 Å². The van der Waals surface area contributed by atoms with Crippen molar-refractivity contribution in [1.29, 1.82) is 0 Å². The molecule has 0 amide bonds. The fourth-order valence-corrected chi connectivity index (χ4v) is 3.76. The molecule has 0 aromatic carbocycles. The normalized spacial score (nSPS) is 26.3. The third kappa shape index (κ3) is 3.69. The highest BCUT2D eigenvalue weighted by molar-refractivity contribution is 4.92. The molecule has 0 saturated heterocycles. The number of rotatable bonds is 4. The van der Waals surface area contributed by atoms with Crippen molar-refractivity contribution in [1.82, 2.24) is 4.90 Å². The molecule has 2 saturated carbocycles. The van der Waals surface area contributed by atoms with Gasteiger partial charge in [0.25, 0.3) is 0 Å². The predicted octanol–water partition coefficient (Wildman–Crippen LogP) is 3.30. The van der Waals surface area contributed by atoms with Crippen molar-refractivity contribution in [2.75, 3.05) is 13.1 Å². The molecule has 0 aromatic heterocycles. The van der Waals surface area contributed by atoms with Crippen LogP contribution < -0.4 is 5.73 Å². The lowest BCUT2D eigenvalue weighted by molar-refractivity contribution is 0.111. The van der Waals surface area contributed by atoms with Gasteiger partial charge in [-0.05, 0) is 32.2 Å². The van der Waals surface area contributed by atoms with Crippen LogP contribution in [0.25, 0.3) is 0 Å². The molecule has 2 N–H and O–H groups in total. The Balaban J connectivity index is 1.88. The number of nitrogens with two attached hydrogens (primary N) is 1. The zero-order valence-corrected chi connectivity index (χ0v) is 11.6. The average Bonchev–Trinajstić information content (AvgIpc) is 2.38. The molecule has 0 bridgehead atoms. The second kappa shape index (κ2) is 6.19. The van der Waals surface area contributed by atoms with Gasteiger partial charge in [-0.1, -0.05) is 45.4 Å². The molecular weight excluding hydrogens is 208 g/mol. The van der Waals surface area contributed by atoms with Crippen LogP contribution in [0.2, 0.25) is 0 Å². The van der Waals surface area contributed by atoms with Gasteiger partial charge in [-0.2, -0.15) is 0 Å². The molecule has 17 heavy (non-hydrogen) atoms. The summed E-state index contributed by atoms with van der Waals surface area (Å²) in [5.74, 6) is 0. The molecule has 2 fully saturated rings. The summed E-state index contributed by atoms with van der Waals surface area (Å²) in [7, 11) is 0. The maximum Gasteiger partial charge on any atom is 0.0283 e. The Bertz CT molecular complexity index is 215. The molecule has 2 aliphatic carbocycles. The van der Waals surface area contributed by atoms with Crippen LogP contribution in [-0.2, 0) is 0 Å². The molecule has 2 nitrogen and oxygen atoms in total. The van der Waals surface area contributed by atoms with E-state index in [0.717, 1.165) is 12.6 Å². The van der Waals surface area contributed by atoms with Gasteiger partial charge in [0.05, 0.1) is 0 Å². The van der Waals surface area contributed by atoms with E-state index in [1.807, 2.05) is 0 Å². The van der Waals surface area contributed by atoms with E-state index in [0.29, 0.717) is 0 Å².